The van der Waals surface area contributed by atoms with Crippen molar-refractivity contribution < 1.29 is 23.5 Å². The molecule has 38 heavy (non-hydrogen) atoms. The van der Waals surface area contributed by atoms with Gasteiger partial charge in [0.2, 0.25) is 5.91 Å². The highest BCUT2D eigenvalue weighted by Crippen LogP contribution is 2.25. The molecule has 2 amide bonds. The molecule has 0 radical (unpaired) electrons. The van der Waals surface area contributed by atoms with Crippen LogP contribution in [0, 0.1) is 17.7 Å². The molecule has 1 saturated heterocycles. The number of amides is 2. The summed E-state index contributed by atoms with van der Waals surface area (Å²) in [6.45, 7) is 12.7. The van der Waals surface area contributed by atoms with Crippen LogP contribution in [0.15, 0.2) is 48.5 Å². The van der Waals surface area contributed by atoms with E-state index in [9.17, 15) is 14.0 Å². The molecule has 0 bridgehead atoms. The summed E-state index contributed by atoms with van der Waals surface area (Å²) in [6.07, 6.45) is 2.68. The van der Waals surface area contributed by atoms with E-state index in [1.54, 1.807) is 17.0 Å². The van der Waals surface area contributed by atoms with Gasteiger partial charge < -0.3 is 19.3 Å². The van der Waals surface area contributed by atoms with Gasteiger partial charge in [-0.25, -0.2) is 9.18 Å². The summed E-state index contributed by atoms with van der Waals surface area (Å²) in [7, 11) is 0. The highest BCUT2D eigenvalue weighted by atomic mass is 19.1. The first kappa shape index (κ1) is 29.5. The SMILES string of the molecule is CC(C)COc1ccc(CN(Cc2ccc(F)cc2)C(=O)CCC2CCN(C(=O)OC(C)(C)C)CC2)cc1. The number of benzene rings is 2. The average molecular weight is 527 g/mol. The maximum absolute atomic E-state index is 13.4. The zero-order valence-electron chi connectivity index (χ0n) is 23.5. The van der Waals surface area contributed by atoms with Gasteiger partial charge in [0.15, 0.2) is 0 Å². The lowest BCUT2D eigenvalue weighted by molar-refractivity contribution is -0.132. The van der Waals surface area contributed by atoms with Gasteiger partial charge >= 0.3 is 6.09 Å². The van der Waals surface area contributed by atoms with Crippen molar-refractivity contribution in [3.05, 3.63) is 65.5 Å². The summed E-state index contributed by atoms with van der Waals surface area (Å²) in [5, 5.41) is 0. The molecule has 0 atom stereocenters. The molecule has 1 fully saturated rings. The van der Waals surface area contributed by atoms with Crippen LogP contribution in [0.5, 0.6) is 5.75 Å². The summed E-state index contributed by atoms with van der Waals surface area (Å²) in [5.41, 5.74) is 1.40. The number of piperidine rings is 1. The minimum absolute atomic E-state index is 0.0732. The van der Waals surface area contributed by atoms with E-state index in [-0.39, 0.29) is 17.8 Å². The van der Waals surface area contributed by atoms with Crippen LogP contribution in [0.2, 0.25) is 0 Å². The van der Waals surface area contributed by atoms with Gasteiger partial charge in [-0.3, -0.25) is 4.79 Å². The first-order chi connectivity index (χ1) is 18.0. The van der Waals surface area contributed by atoms with Crippen molar-refractivity contribution >= 4 is 12.0 Å². The molecule has 3 rings (SSSR count). The molecule has 0 unspecified atom stereocenters. The molecular weight excluding hydrogens is 483 g/mol. The molecule has 0 aromatic heterocycles. The molecule has 1 heterocycles. The van der Waals surface area contributed by atoms with Gasteiger partial charge in [-0.1, -0.05) is 38.1 Å². The first-order valence-electron chi connectivity index (χ1n) is 13.7. The van der Waals surface area contributed by atoms with Gasteiger partial charge in [0.1, 0.15) is 17.2 Å². The quantitative estimate of drug-likeness (QED) is 0.341. The van der Waals surface area contributed by atoms with Crippen molar-refractivity contribution in [1.82, 2.24) is 9.80 Å². The Bertz CT molecular complexity index is 1020. The molecule has 0 aliphatic carbocycles. The zero-order chi connectivity index (χ0) is 27.7. The molecule has 1 aliphatic heterocycles. The molecule has 0 spiro atoms. The van der Waals surface area contributed by atoms with Crippen molar-refractivity contribution in [2.24, 2.45) is 11.8 Å². The van der Waals surface area contributed by atoms with Crippen molar-refractivity contribution in [1.29, 1.82) is 0 Å². The third-order valence-corrected chi connectivity index (χ3v) is 6.55. The Kier molecular flexibility index (Phi) is 10.6. The van der Waals surface area contributed by atoms with Crippen LogP contribution < -0.4 is 4.74 Å². The lowest BCUT2D eigenvalue weighted by Crippen LogP contribution is -2.41. The number of hydrogen-bond acceptors (Lipinski definition) is 4. The molecule has 1 aliphatic rings. The molecule has 208 valence electrons. The summed E-state index contributed by atoms with van der Waals surface area (Å²) in [4.78, 5) is 29.3. The lowest BCUT2D eigenvalue weighted by atomic mass is 9.92. The number of nitrogens with zero attached hydrogens (tertiary/aromatic N) is 2. The smallest absolute Gasteiger partial charge is 0.410 e. The number of carbonyl (C=O) groups excluding carboxylic acids is 2. The van der Waals surface area contributed by atoms with Gasteiger partial charge in [-0.05, 0) is 87.3 Å². The van der Waals surface area contributed by atoms with Crippen molar-refractivity contribution in [3.8, 4) is 5.75 Å². The van der Waals surface area contributed by atoms with E-state index in [1.165, 1.54) is 12.1 Å². The van der Waals surface area contributed by atoms with Gasteiger partial charge in [-0.2, -0.15) is 0 Å². The minimum Gasteiger partial charge on any atom is -0.493 e. The number of likely N-dealkylation sites (tertiary alicyclic amines) is 1. The van der Waals surface area contributed by atoms with Gasteiger partial charge in [0.25, 0.3) is 0 Å². The molecule has 0 N–H and O–H groups in total. The highest BCUT2D eigenvalue weighted by molar-refractivity contribution is 5.76. The van der Waals surface area contributed by atoms with Crippen LogP contribution in [0.25, 0.3) is 0 Å². The molecular formula is C31H43FN2O4. The topological polar surface area (TPSA) is 59.1 Å². The van der Waals surface area contributed by atoms with Gasteiger partial charge in [0.05, 0.1) is 6.61 Å². The summed E-state index contributed by atoms with van der Waals surface area (Å²) in [6, 6.07) is 14.2. The van der Waals surface area contributed by atoms with E-state index < -0.39 is 5.60 Å². The van der Waals surface area contributed by atoms with Gasteiger partial charge in [-0.15, -0.1) is 0 Å². The number of carbonyl (C=O) groups is 2. The van der Waals surface area contributed by atoms with Gasteiger partial charge in [0, 0.05) is 32.6 Å². The average Bonchev–Trinajstić information content (AvgIpc) is 2.87. The van der Waals surface area contributed by atoms with Crippen LogP contribution in [0.1, 0.15) is 71.4 Å². The van der Waals surface area contributed by atoms with Crippen LogP contribution in [0.4, 0.5) is 9.18 Å². The maximum atomic E-state index is 13.4. The second kappa shape index (κ2) is 13.6. The predicted molar refractivity (Wildman–Crippen MR) is 147 cm³/mol. The van der Waals surface area contributed by atoms with E-state index in [4.69, 9.17) is 9.47 Å². The van der Waals surface area contributed by atoms with E-state index in [1.807, 2.05) is 49.9 Å². The van der Waals surface area contributed by atoms with Crippen molar-refractivity contribution in [3.63, 3.8) is 0 Å². The van der Waals surface area contributed by atoms with Crippen molar-refractivity contribution in [2.75, 3.05) is 19.7 Å². The summed E-state index contributed by atoms with van der Waals surface area (Å²) >= 11 is 0. The Morgan fingerprint density at radius 2 is 1.53 bits per heavy atom. The number of halogens is 1. The standard InChI is InChI=1S/C31H43FN2O4/c1-23(2)22-37-28-13-8-26(9-14-28)21-34(20-25-6-11-27(32)12-7-25)29(35)15-10-24-16-18-33(19-17-24)30(36)38-31(3,4)5/h6-9,11-14,23-24H,10,15-22H2,1-5H3. The molecule has 6 nitrogen and oxygen atoms in total. The van der Waals surface area contributed by atoms with Crippen LogP contribution >= 0.6 is 0 Å². The Morgan fingerprint density at radius 1 is 0.974 bits per heavy atom. The fourth-order valence-electron chi connectivity index (χ4n) is 4.43. The predicted octanol–water partition coefficient (Wildman–Crippen LogP) is 6.82. The second-order valence-corrected chi connectivity index (χ2v) is 11.7. The van der Waals surface area contributed by atoms with E-state index in [2.05, 4.69) is 13.8 Å². The van der Waals surface area contributed by atoms with E-state index in [0.717, 1.165) is 36.1 Å². The fourth-order valence-corrected chi connectivity index (χ4v) is 4.43. The summed E-state index contributed by atoms with van der Waals surface area (Å²) < 4.78 is 24.7. The largest absolute Gasteiger partial charge is 0.493 e. The normalized spacial score (nSPS) is 14.4. The van der Waals surface area contributed by atoms with Crippen LogP contribution in [0.3, 0.4) is 0 Å². The monoisotopic (exact) mass is 526 g/mol. The fraction of sp³-hybridized carbons (Fsp3) is 0.548. The Morgan fingerprint density at radius 3 is 2.05 bits per heavy atom. The minimum atomic E-state index is -0.504. The van der Waals surface area contributed by atoms with E-state index in [0.29, 0.717) is 51.0 Å². The number of ether oxygens (including phenoxy) is 2. The van der Waals surface area contributed by atoms with E-state index >= 15 is 0 Å². The third kappa shape index (κ3) is 9.99. The second-order valence-electron chi connectivity index (χ2n) is 11.7. The Balaban J connectivity index is 1.57. The number of hydrogen-bond donors (Lipinski definition) is 0. The molecule has 2 aromatic rings. The Hall–Kier alpha value is -3.09. The lowest BCUT2D eigenvalue weighted by Gasteiger charge is -2.33. The van der Waals surface area contributed by atoms with Crippen LogP contribution in [-0.4, -0.2) is 47.1 Å². The zero-order valence-corrected chi connectivity index (χ0v) is 23.5. The molecule has 0 saturated carbocycles. The van der Waals surface area contributed by atoms with Crippen LogP contribution in [-0.2, 0) is 22.6 Å². The Labute approximate surface area is 227 Å². The first-order valence-corrected chi connectivity index (χ1v) is 13.7. The third-order valence-electron chi connectivity index (χ3n) is 6.55. The summed E-state index contributed by atoms with van der Waals surface area (Å²) in [5.74, 6) is 1.44. The highest BCUT2D eigenvalue weighted by Gasteiger charge is 2.27. The maximum Gasteiger partial charge on any atom is 0.410 e. The molecule has 2 aromatic carbocycles. The molecule has 7 heteroatoms. The number of rotatable bonds is 10. The van der Waals surface area contributed by atoms with Crippen molar-refractivity contribution in [2.45, 2.75) is 79.0 Å².